The van der Waals surface area contributed by atoms with E-state index in [-0.39, 0.29) is 29.3 Å². The third-order valence-electron chi connectivity index (χ3n) is 3.42. The molecule has 0 saturated heterocycles. The van der Waals surface area contributed by atoms with Crippen molar-refractivity contribution in [2.75, 3.05) is 0 Å². The number of hydrogen-bond acceptors (Lipinski definition) is 1. The number of benzene rings is 1. The Kier molecular flexibility index (Phi) is 4.75. The Balaban J connectivity index is 1.91. The maximum atomic E-state index is 13.4. The van der Waals surface area contributed by atoms with Crippen molar-refractivity contribution in [2.45, 2.75) is 43.5 Å². The molecule has 1 aromatic rings. The van der Waals surface area contributed by atoms with Gasteiger partial charge in [0.1, 0.15) is 11.6 Å². The molecule has 0 aromatic heterocycles. The summed E-state index contributed by atoms with van der Waals surface area (Å²) in [6.45, 7) is 0. The number of carbonyl (C=O) groups excluding carboxylic acids is 1. The fourth-order valence-corrected chi connectivity index (χ4v) is 2.59. The van der Waals surface area contributed by atoms with E-state index in [1.165, 1.54) is 6.07 Å². The molecule has 1 saturated carbocycles. The largest absolute Gasteiger partial charge is 0.353 e. The molecule has 104 valence electrons. The van der Waals surface area contributed by atoms with E-state index < -0.39 is 11.6 Å². The zero-order chi connectivity index (χ0) is 13.8. The number of carbonyl (C=O) groups is 1. The number of hydrogen-bond donors (Lipinski definition) is 1. The minimum absolute atomic E-state index is 0.0670. The predicted molar refractivity (Wildman–Crippen MR) is 70.1 cm³/mol. The molecule has 5 heteroatoms. The van der Waals surface area contributed by atoms with Crippen LogP contribution in [-0.2, 0) is 11.2 Å². The van der Waals surface area contributed by atoms with Gasteiger partial charge in [-0.3, -0.25) is 4.79 Å². The van der Waals surface area contributed by atoms with Gasteiger partial charge in [0, 0.05) is 17.0 Å². The van der Waals surface area contributed by atoms with Crippen molar-refractivity contribution in [1.82, 2.24) is 5.32 Å². The van der Waals surface area contributed by atoms with Gasteiger partial charge < -0.3 is 5.32 Å². The van der Waals surface area contributed by atoms with Crippen LogP contribution in [0.2, 0.25) is 0 Å². The average Bonchev–Trinajstić information content (AvgIpc) is 2.37. The Labute approximate surface area is 116 Å². The normalized spacial score (nSPS) is 23.1. The molecule has 1 aliphatic rings. The van der Waals surface area contributed by atoms with Crippen molar-refractivity contribution < 1.29 is 13.6 Å². The second-order valence-corrected chi connectivity index (χ2v) is 5.51. The minimum Gasteiger partial charge on any atom is -0.353 e. The van der Waals surface area contributed by atoms with Crippen LogP contribution in [0.25, 0.3) is 0 Å². The highest BCUT2D eigenvalue weighted by Gasteiger charge is 2.21. The summed E-state index contributed by atoms with van der Waals surface area (Å²) >= 11 is 5.98. The molecule has 19 heavy (non-hydrogen) atoms. The molecule has 2 nitrogen and oxygen atoms in total. The van der Waals surface area contributed by atoms with Crippen molar-refractivity contribution in [3.8, 4) is 0 Å². The van der Waals surface area contributed by atoms with E-state index in [0.717, 1.165) is 37.8 Å². The fraction of sp³-hybridized carbons (Fsp3) is 0.500. The number of alkyl halides is 1. The molecule has 0 heterocycles. The van der Waals surface area contributed by atoms with Crippen LogP contribution in [0.5, 0.6) is 0 Å². The summed E-state index contributed by atoms with van der Waals surface area (Å²) in [5.74, 6) is -1.71. The summed E-state index contributed by atoms with van der Waals surface area (Å²) in [6.07, 6.45) is 3.10. The van der Waals surface area contributed by atoms with Crippen molar-refractivity contribution in [1.29, 1.82) is 0 Å². The summed E-state index contributed by atoms with van der Waals surface area (Å²) < 4.78 is 26.8. The number of amides is 1. The van der Waals surface area contributed by atoms with Crippen LogP contribution in [0, 0.1) is 11.6 Å². The first-order chi connectivity index (χ1) is 9.06. The van der Waals surface area contributed by atoms with Gasteiger partial charge in [-0.25, -0.2) is 8.78 Å². The van der Waals surface area contributed by atoms with Crippen LogP contribution in [0.4, 0.5) is 8.78 Å². The van der Waals surface area contributed by atoms with Crippen molar-refractivity contribution in [3.63, 3.8) is 0 Å². The lowest BCUT2D eigenvalue weighted by Gasteiger charge is -2.25. The van der Waals surface area contributed by atoms with Gasteiger partial charge in [-0.15, -0.1) is 11.6 Å². The molecule has 2 rings (SSSR count). The lowest BCUT2D eigenvalue weighted by molar-refractivity contribution is -0.121. The van der Waals surface area contributed by atoms with Gasteiger partial charge in [0.05, 0.1) is 6.42 Å². The summed E-state index contributed by atoms with van der Waals surface area (Å²) in [4.78, 5) is 11.8. The minimum atomic E-state index is -0.681. The number of rotatable bonds is 3. The van der Waals surface area contributed by atoms with E-state index in [1.807, 2.05) is 0 Å². The second-order valence-electron chi connectivity index (χ2n) is 4.89. The van der Waals surface area contributed by atoms with Gasteiger partial charge in [-0.2, -0.15) is 0 Å². The lowest BCUT2D eigenvalue weighted by Crippen LogP contribution is -2.38. The first-order valence-corrected chi connectivity index (χ1v) is 6.86. The highest BCUT2D eigenvalue weighted by molar-refractivity contribution is 6.20. The molecule has 0 radical (unpaired) electrons. The first kappa shape index (κ1) is 14.3. The number of nitrogens with one attached hydrogen (secondary N) is 1. The second kappa shape index (κ2) is 6.33. The summed E-state index contributed by atoms with van der Waals surface area (Å²) in [5.41, 5.74) is -0.175. The maximum absolute atomic E-state index is 13.4. The SMILES string of the molecule is O=C(Cc1c(F)cccc1F)NC1CCC(Cl)CC1. The van der Waals surface area contributed by atoms with E-state index in [2.05, 4.69) is 5.32 Å². The van der Waals surface area contributed by atoms with Crippen molar-refractivity contribution in [2.24, 2.45) is 0 Å². The molecule has 1 amide bonds. The molecular weight excluding hydrogens is 272 g/mol. The van der Waals surface area contributed by atoms with Gasteiger partial charge in [-0.1, -0.05) is 6.07 Å². The van der Waals surface area contributed by atoms with Gasteiger partial charge in [0.25, 0.3) is 0 Å². The van der Waals surface area contributed by atoms with Crippen LogP contribution < -0.4 is 5.32 Å². The molecule has 1 N–H and O–H groups in total. The van der Waals surface area contributed by atoms with E-state index in [1.54, 1.807) is 0 Å². The molecule has 0 atom stereocenters. The summed E-state index contributed by atoms with van der Waals surface area (Å²) in [5, 5.41) is 2.99. The van der Waals surface area contributed by atoms with Crippen LogP contribution in [0.3, 0.4) is 0 Å². The zero-order valence-electron chi connectivity index (χ0n) is 10.5. The molecule has 1 fully saturated rings. The van der Waals surface area contributed by atoms with E-state index in [9.17, 15) is 13.6 Å². The number of halogens is 3. The Morgan fingerprint density at radius 2 is 1.79 bits per heavy atom. The van der Waals surface area contributed by atoms with E-state index in [4.69, 9.17) is 11.6 Å². The van der Waals surface area contributed by atoms with Gasteiger partial charge in [0.2, 0.25) is 5.91 Å². The van der Waals surface area contributed by atoms with Crippen LogP contribution in [-0.4, -0.2) is 17.3 Å². The van der Waals surface area contributed by atoms with Crippen LogP contribution in [0.15, 0.2) is 18.2 Å². The monoisotopic (exact) mass is 287 g/mol. The molecule has 0 unspecified atom stereocenters. The van der Waals surface area contributed by atoms with Gasteiger partial charge in [0.15, 0.2) is 0 Å². The highest BCUT2D eigenvalue weighted by Crippen LogP contribution is 2.23. The standard InChI is InChI=1S/C14H16ClF2NO/c15-9-4-6-10(7-5-9)18-14(19)8-11-12(16)2-1-3-13(11)17/h1-3,9-10H,4-8H2,(H,18,19). The Bertz CT molecular complexity index is 439. The highest BCUT2D eigenvalue weighted by atomic mass is 35.5. The molecule has 0 spiro atoms. The quantitative estimate of drug-likeness (QED) is 0.850. The maximum Gasteiger partial charge on any atom is 0.224 e. The molecule has 1 aromatic carbocycles. The molecular formula is C14H16ClF2NO. The summed E-state index contributed by atoms with van der Waals surface area (Å²) in [6, 6.07) is 3.67. The van der Waals surface area contributed by atoms with Crippen molar-refractivity contribution in [3.05, 3.63) is 35.4 Å². The predicted octanol–water partition coefficient (Wildman–Crippen LogP) is 3.17. The Morgan fingerprint density at radius 1 is 1.21 bits per heavy atom. The van der Waals surface area contributed by atoms with Crippen LogP contribution in [0.1, 0.15) is 31.2 Å². The Hall–Kier alpha value is -1.16. The summed E-state index contributed by atoms with van der Waals surface area (Å²) in [7, 11) is 0. The third kappa shape index (κ3) is 3.90. The van der Waals surface area contributed by atoms with Crippen LogP contribution >= 0.6 is 11.6 Å². The molecule has 0 aliphatic heterocycles. The molecule has 0 bridgehead atoms. The van der Waals surface area contributed by atoms with Gasteiger partial charge in [-0.05, 0) is 37.8 Å². The smallest absolute Gasteiger partial charge is 0.224 e. The van der Waals surface area contributed by atoms with Gasteiger partial charge >= 0.3 is 0 Å². The molecule has 1 aliphatic carbocycles. The lowest BCUT2D eigenvalue weighted by atomic mass is 9.95. The third-order valence-corrected chi connectivity index (χ3v) is 3.86. The van der Waals surface area contributed by atoms with Crippen molar-refractivity contribution >= 4 is 17.5 Å². The topological polar surface area (TPSA) is 29.1 Å². The van der Waals surface area contributed by atoms with E-state index >= 15 is 0 Å². The zero-order valence-corrected chi connectivity index (χ0v) is 11.2. The van der Waals surface area contributed by atoms with E-state index in [0.29, 0.717) is 0 Å². The first-order valence-electron chi connectivity index (χ1n) is 6.42. The average molecular weight is 288 g/mol. The fourth-order valence-electron chi connectivity index (χ4n) is 2.34. The Morgan fingerprint density at radius 3 is 2.37 bits per heavy atom.